The molecular weight excluding hydrogens is 202 g/mol. The average Bonchev–Trinajstić information content (AvgIpc) is 2.56. The molecule has 0 bridgehead atoms. The van der Waals surface area contributed by atoms with E-state index < -0.39 is 0 Å². The Balaban J connectivity index is 2.08. The maximum Gasteiger partial charge on any atom is 0.124 e. The molecule has 0 fully saturated rings. The first-order chi connectivity index (χ1) is 7.66. The van der Waals surface area contributed by atoms with Crippen molar-refractivity contribution in [2.75, 3.05) is 5.32 Å². The zero-order valence-corrected chi connectivity index (χ0v) is 9.44. The van der Waals surface area contributed by atoms with Gasteiger partial charge in [-0.1, -0.05) is 18.2 Å². The molecule has 0 atom stereocenters. The highest BCUT2D eigenvalue weighted by molar-refractivity contribution is 5.40. The SMILES string of the molecule is Cc1cc(NCc2ccccc2O)n(C)n1. The quantitative estimate of drug-likeness (QED) is 0.827. The minimum atomic E-state index is 0.314. The highest BCUT2D eigenvalue weighted by Gasteiger charge is 2.03. The van der Waals surface area contributed by atoms with Crippen LogP contribution in [0, 0.1) is 6.92 Å². The van der Waals surface area contributed by atoms with Crippen molar-refractivity contribution >= 4 is 5.82 Å². The van der Waals surface area contributed by atoms with Crippen molar-refractivity contribution in [3.63, 3.8) is 0 Å². The maximum atomic E-state index is 9.60. The number of para-hydroxylation sites is 1. The highest BCUT2D eigenvalue weighted by atomic mass is 16.3. The summed E-state index contributed by atoms with van der Waals surface area (Å²) in [6.45, 7) is 2.54. The van der Waals surface area contributed by atoms with E-state index in [1.165, 1.54) is 0 Å². The monoisotopic (exact) mass is 217 g/mol. The third-order valence-corrected chi connectivity index (χ3v) is 2.45. The molecule has 1 aromatic carbocycles. The highest BCUT2D eigenvalue weighted by Crippen LogP contribution is 2.17. The number of phenols is 1. The van der Waals surface area contributed by atoms with Gasteiger partial charge in [0.2, 0.25) is 0 Å². The van der Waals surface area contributed by atoms with Crippen LogP contribution in [0.2, 0.25) is 0 Å². The van der Waals surface area contributed by atoms with Crippen molar-refractivity contribution < 1.29 is 5.11 Å². The number of aromatic nitrogens is 2. The van der Waals surface area contributed by atoms with E-state index >= 15 is 0 Å². The van der Waals surface area contributed by atoms with Gasteiger partial charge < -0.3 is 10.4 Å². The van der Waals surface area contributed by atoms with Gasteiger partial charge in [0.25, 0.3) is 0 Å². The van der Waals surface area contributed by atoms with E-state index in [2.05, 4.69) is 10.4 Å². The number of aromatic hydroxyl groups is 1. The first-order valence-corrected chi connectivity index (χ1v) is 5.18. The predicted molar refractivity (Wildman–Crippen MR) is 63.4 cm³/mol. The van der Waals surface area contributed by atoms with Crippen LogP contribution in [-0.2, 0) is 13.6 Å². The molecule has 1 aromatic heterocycles. The van der Waals surface area contributed by atoms with E-state index in [0.29, 0.717) is 12.3 Å². The summed E-state index contributed by atoms with van der Waals surface area (Å²) in [5, 5.41) is 17.1. The summed E-state index contributed by atoms with van der Waals surface area (Å²) in [6, 6.07) is 9.27. The molecular formula is C12H15N3O. The van der Waals surface area contributed by atoms with E-state index in [9.17, 15) is 5.11 Å². The molecule has 0 unspecified atom stereocenters. The second-order valence-electron chi connectivity index (χ2n) is 3.78. The van der Waals surface area contributed by atoms with Crippen molar-refractivity contribution in [1.29, 1.82) is 0 Å². The van der Waals surface area contributed by atoms with Gasteiger partial charge >= 0.3 is 0 Å². The summed E-state index contributed by atoms with van der Waals surface area (Å²) in [4.78, 5) is 0. The fourth-order valence-corrected chi connectivity index (χ4v) is 1.62. The second-order valence-corrected chi connectivity index (χ2v) is 3.78. The Kier molecular flexibility index (Phi) is 2.81. The summed E-state index contributed by atoms with van der Waals surface area (Å²) >= 11 is 0. The third kappa shape index (κ3) is 2.16. The van der Waals surface area contributed by atoms with Gasteiger partial charge in [-0.2, -0.15) is 5.10 Å². The number of rotatable bonds is 3. The smallest absolute Gasteiger partial charge is 0.124 e. The Bertz CT molecular complexity index is 491. The number of hydrogen-bond donors (Lipinski definition) is 2. The van der Waals surface area contributed by atoms with Crippen LogP contribution in [0.15, 0.2) is 30.3 Å². The number of phenolic OH excluding ortho intramolecular Hbond substituents is 1. The molecule has 2 aromatic rings. The second kappa shape index (κ2) is 4.26. The zero-order valence-electron chi connectivity index (χ0n) is 9.44. The topological polar surface area (TPSA) is 50.1 Å². The number of aryl methyl sites for hydroxylation is 2. The molecule has 4 nitrogen and oxygen atoms in total. The van der Waals surface area contributed by atoms with Crippen LogP contribution in [0.1, 0.15) is 11.3 Å². The van der Waals surface area contributed by atoms with E-state index in [0.717, 1.165) is 17.1 Å². The van der Waals surface area contributed by atoms with Crippen molar-refractivity contribution in [1.82, 2.24) is 9.78 Å². The van der Waals surface area contributed by atoms with Gasteiger partial charge in [0.15, 0.2) is 0 Å². The van der Waals surface area contributed by atoms with Crippen LogP contribution in [-0.4, -0.2) is 14.9 Å². The average molecular weight is 217 g/mol. The fraction of sp³-hybridized carbons (Fsp3) is 0.250. The summed E-state index contributed by atoms with van der Waals surface area (Å²) in [6.07, 6.45) is 0. The number of benzene rings is 1. The van der Waals surface area contributed by atoms with Crippen LogP contribution >= 0.6 is 0 Å². The summed E-state index contributed by atoms with van der Waals surface area (Å²) in [7, 11) is 1.89. The molecule has 0 aliphatic heterocycles. The summed E-state index contributed by atoms with van der Waals surface area (Å²) in [5.74, 6) is 1.26. The third-order valence-electron chi connectivity index (χ3n) is 2.45. The lowest BCUT2D eigenvalue weighted by Crippen LogP contribution is -2.04. The normalized spacial score (nSPS) is 10.4. The van der Waals surface area contributed by atoms with Gasteiger partial charge in [-0.15, -0.1) is 0 Å². The minimum Gasteiger partial charge on any atom is -0.508 e. The number of nitrogens with one attached hydrogen (secondary N) is 1. The number of anilines is 1. The lowest BCUT2D eigenvalue weighted by molar-refractivity contribution is 0.469. The molecule has 0 spiro atoms. The van der Waals surface area contributed by atoms with Crippen molar-refractivity contribution in [2.24, 2.45) is 7.05 Å². The molecule has 0 aliphatic carbocycles. The van der Waals surface area contributed by atoms with E-state index in [1.54, 1.807) is 10.7 Å². The zero-order chi connectivity index (χ0) is 11.5. The van der Waals surface area contributed by atoms with Crippen LogP contribution in [0.3, 0.4) is 0 Å². The minimum absolute atomic E-state index is 0.314. The van der Waals surface area contributed by atoms with Gasteiger partial charge in [-0.05, 0) is 13.0 Å². The molecule has 84 valence electrons. The molecule has 0 saturated heterocycles. The van der Waals surface area contributed by atoms with E-state index in [1.807, 2.05) is 38.2 Å². The Labute approximate surface area is 94.5 Å². The van der Waals surface area contributed by atoms with Crippen LogP contribution in [0.5, 0.6) is 5.75 Å². The lowest BCUT2D eigenvalue weighted by atomic mass is 10.2. The molecule has 16 heavy (non-hydrogen) atoms. The van der Waals surface area contributed by atoms with Gasteiger partial charge in [-0.25, -0.2) is 0 Å². The van der Waals surface area contributed by atoms with Crippen molar-refractivity contribution in [3.8, 4) is 5.75 Å². The first kappa shape index (κ1) is 10.5. The Morgan fingerprint density at radius 1 is 1.38 bits per heavy atom. The van der Waals surface area contributed by atoms with Gasteiger partial charge in [0.1, 0.15) is 11.6 Å². The fourth-order valence-electron chi connectivity index (χ4n) is 1.62. The molecule has 2 rings (SSSR count). The maximum absolute atomic E-state index is 9.60. The molecule has 2 N–H and O–H groups in total. The number of hydrogen-bond acceptors (Lipinski definition) is 3. The summed E-state index contributed by atoms with van der Waals surface area (Å²) < 4.78 is 1.79. The molecule has 0 radical (unpaired) electrons. The van der Waals surface area contributed by atoms with Crippen molar-refractivity contribution in [2.45, 2.75) is 13.5 Å². The van der Waals surface area contributed by atoms with E-state index in [-0.39, 0.29) is 0 Å². The first-order valence-electron chi connectivity index (χ1n) is 5.18. The van der Waals surface area contributed by atoms with Gasteiger partial charge in [0, 0.05) is 25.2 Å². The van der Waals surface area contributed by atoms with Crippen LogP contribution in [0.4, 0.5) is 5.82 Å². The molecule has 1 heterocycles. The predicted octanol–water partition coefficient (Wildman–Crippen LogP) is 2.05. The van der Waals surface area contributed by atoms with Crippen LogP contribution < -0.4 is 5.32 Å². The van der Waals surface area contributed by atoms with Gasteiger partial charge in [0.05, 0.1) is 5.69 Å². The van der Waals surface area contributed by atoms with Crippen molar-refractivity contribution in [3.05, 3.63) is 41.6 Å². The number of nitrogens with zero attached hydrogens (tertiary/aromatic N) is 2. The largest absolute Gasteiger partial charge is 0.508 e. The Morgan fingerprint density at radius 2 is 2.12 bits per heavy atom. The van der Waals surface area contributed by atoms with E-state index in [4.69, 9.17) is 0 Å². The lowest BCUT2D eigenvalue weighted by Gasteiger charge is -2.07. The summed E-state index contributed by atoms with van der Waals surface area (Å²) in [5.41, 5.74) is 1.85. The van der Waals surface area contributed by atoms with Crippen LogP contribution in [0.25, 0.3) is 0 Å². The molecule has 4 heteroatoms. The molecule has 0 amide bonds. The molecule has 0 aliphatic rings. The molecule has 0 saturated carbocycles. The Morgan fingerprint density at radius 3 is 2.75 bits per heavy atom. The standard InChI is InChI=1S/C12H15N3O/c1-9-7-12(15(2)14-9)13-8-10-5-3-4-6-11(10)16/h3-7,13,16H,8H2,1-2H3. The van der Waals surface area contributed by atoms with Gasteiger partial charge in [-0.3, -0.25) is 4.68 Å². The Hall–Kier alpha value is -1.97.